The second-order valence-corrected chi connectivity index (χ2v) is 9.25. The van der Waals surface area contributed by atoms with Gasteiger partial charge in [0, 0.05) is 5.92 Å². The maximum Gasteiger partial charge on any atom is 0.243 e. The Morgan fingerprint density at radius 1 is 0.864 bits per heavy atom. The average molecular weight is 315 g/mol. The van der Waals surface area contributed by atoms with Crippen LogP contribution >= 0.6 is 0 Å². The van der Waals surface area contributed by atoms with E-state index in [4.69, 9.17) is 4.43 Å². The first kappa shape index (κ1) is 16.9. The van der Waals surface area contributed by atoms with E-state index in [0.29, 0.717) is 0 Å². The highest BCUT2D eigenvalue weighted by atomic mass is 28.3. The fourth-order valence-corrected chi connectivity index (χ4v) is 4.65. The molecule has 0 saturated carbocycles. The Labute approximate surface area is 135 Å². The summed E-state index contributed by atoms with van der Waals surface area (Å²) < 4.78 is 6.21. The first-order valence-electron chi connectivity index (χ1n) is 7.83. The first-order chi connectivity index (χ1) is 10.4. The van der Waals surface area contributed by atoms with Crippen molar-refractivity contribution in [2.24, 2.45) is 11.3 Å². The molecule has 2 nitrogen and oxygen atoms in total. The van der Waals surface area contributed by atoms with Crippen LogP contribution in [0, 0.1) is 11.3 Å². The Morgan fingerprint density at radius 3 is 1.64 bits per heavy atom. The summed E-state index contributed by atoms with van der Waals surface area (Å²) >= 11 is 0. The normalized spacial score (nSPS) is 14.8. The molecule has 0 radical (unpaired) electrons. The molecule has 118 valence electrons. The zero-order chi connectivity index (χ0) is 16.2. The van der Waals surface area contributed by atoms with Crippen LogP contribution < -0.4 is 10.4 Å². The Balaban J connectivity index is 2.27. The van der Waals surface area contributed by atoms with Gasteiger partial charge in [0.1, 0.15) is 6.29 Å². The molecule has 2 rings (SSSR count). The lowest BCUT2D eigenvalue weighted by atomic mass is 9.82. The first-order valence-corrected chi connectivity index (χ1v) is 9.45. The summed E-state index contributed by atoms with van der Waals surface area (Å²) in [5, 5.41) is 12.9. The second-order valence-electron chi connectivity index (χ2n) is 6.88. The van der Waals surface area contributed by atoms with Gasteiger partial charge in [-0.1, -0.05) is 88.4 Å². The van der Waals surface area contributed by atoms with Gasteiger partial charge in [0.25, 0.3) is 0 Å². The molecule has 0 fully saturated rings. The van der Waals surface area contributed by atoms with Gasteiger partial charge in [-0.05, 0) is 15.8 Å². The molecule has 0 saturated heterocycles. The smallest absolute Gasteiger partial charge is 0.243 e. The lowest BCUT2D eigenvalue weighted by molar-refractivity contribution is -0.0883. The number of rotatable bonds is 5. The van der Waals surface area contributed by atoms with Gasteiger partial charge < -0.3 is 9.53 Å². The fourth-order valence-electron chi connectivity index (χ4n) is 2.29. The van der Waals surface area contributed by atoms with Gasteiger partial charge in [0.2, 0.25) is 9.04 Å². The summed E-state index contributed by atoms with van der Waals surface area (Å²) in [6, 6.07) is 20.5. The monoisotopic (exact) mass is 314 g/mol. The van der Waals surface area contributed by atoms with Gasteiger partial charge in [-0.2, -0.15) is 0 Å². The van der Waals surface area contributed by atoms with Gasteiger partial charge in [-0.3, -0.25) is 0 Å². The molecule has 0 aliphatic heterocycles. The van der Waals surface area contributed by atoms with Crippen LogP contribution in [-0.4, -0.2) is 20.4 Å². The molecular weight excluding hydrogens is 288 g/mol. The SMILES string of the molecule is CC(C(O)O[SiH](c1ccccc1)c1ccccc1)C(C)(C)C. The quantitative estimate of drug-likeness (QED) is 0.679. The van der Waals surface area contributed by atoms with Gasteiger partial charge in [0.05, 0.1) is 0 Å². The van der Waals surface area contributed by atoms with E-state index in [2.05, 4.69) is 45.0 Å². The van der Waals surface area contributed by atoms with Crippen LogP contribution in [0.5, 0.6) is 0 Å². The van der Waals surface area contributed by atoms with Crippen LogP contribution in [0.2, 0.25) is 0 Å². The van der Waals surface area contributed by atoms with Crippen molar-refractivity contribution in [1.82, 2.24) is 0 Å². The van der Waals surface area contributed by atoms with E-state index in [1.54, 1.807) is 0 Å². The van der Waals surface area contributed by atoms with Crippen LogP contribution in [0.1, 0.15) is 27.7 Å². The summed E-state index contributed by atoms with van der Waals surface area (Å²) in [5.41, 5.74) is 0.00570. The Kier molecular flexibility index (Phi) is 5.56. The van der Waals surface area contributed by atoms with Crippen molar-refractivity contribution in [2.75, 3.05) is 0 Å². The topological polar surface area (TPSA) is 29.5 Å². The molecule has 0 aliphatic carbocycles. The number of hydrogen-bond donors (Lipinski definition) is 1. The Morgan fingerprint density at radius 2 is 1.27 bits per heavy atom. The van der Waals surface area contributed by atoms with E-state index in [1.165, 1.54) is 10.4 Å². The molecule has 0 spiro atoms. The van der Waals surface area contributed by atoms with E-state index >= 15 is 0 Å². The van der Waals surface area contributed by atoms with Crippen LogP contribution in [0.15, 0.2) is 60.7 Å². The minimum Gasteiger partial charge on any atom is -0.386 e. The summed E-state index contributed by atoms with van der Waals surface area (Å²) in [7, 11) is -1.89. The zero-order valence-corrected chi connectivity index (χ0v) is 15.0. The molecular formula is C19H26O2Si. The van der Waals surface area contributed by atoms with Crippen LogP contribution in [0.4, 0.5) is 0 Å². The fraction of sp³-hybridized carbons (Fsp3) is 0.368. The second kappa shape index (κ2) is 7.23. The molecule has 2 aromatic rings. The maximum atomic E-state index is 10.6. The number of benzene rings is 2. The van der Waals surface area contributed by atoms with Crippen molar-refractivity contribution in [3.63, 3.8) is 0 Å². The molecule has 2 atom stereocenters. The Bertz CT molecular complexity index is 523. The summed E-state index contributed by atoms with van der Waals surface area (Å²) in [4.78, 5) is 0. The predicted octanol–water partition coefficient (Wildman–Crippen LogP) is 2.54. The van der Waals surface area contributed by atoms with Crippen LogP contribution in [-0.2, 0) is 4.43 Å². The van der Waals surface area contributed by atoms with Gasteiger partial charge in [-0.15, -0.1) is 0 Å². The maximum absolute atomic E-state index is 10.6. The molecule has 0 amide bonds. The lowest BCUT2D eigenvalue weighted by Gasteiger charge is -2.33. The summed E-state index contributed by atoms with van der Waals surface area (Å²) in [6.45, 7) is 8.44. The van der Waals surface area contributed by atoms with E-state index in [9.17, 15) is 5.11 Å². The highest BCUT2D eigenvalue weighted by molar-refractivity contribution is 6.80. The molecule has 3 heteroatoms. The summed E-state index contributed by atoms with van der Waals surface area (Å²) in [6.07, 6.45) is -0.753. The number of hydrogen-bond acceptors (Lipinski definition) is 2. The van der Waals surface area contributed by atoms with Gasteiger partial charge in [0.15, 0.2) is 0 Å². The average Bonchev–Trinajstić information content (AvgIpc) is 2.52. The zero-order valence-electron chi connectivity index (χ0n) is 13.9. The predicted molar refractivity (Wildman–Crippen MR) is 95.0 cm³/mol. The van der Waals surface area contributed by atoms with Crippen molar-refractivity contribution < 1.29 is 9.53 Å². The van der Waals surface area contributed by atoms with Crippen molar-refractivity contribution in [2.45, 2.75) is 34.0 Å². The summed E-state index contributed by atoms with van der Waals surface area (Å²) in [5.74, 6) is 0.0647. The van der Waals surface area contributed by atoms with Gasteiger partial charge >= 0.3 is 0 Å². The highest BCUT2D eigenvalue weighted by Gasteiger charge is 2.31. The molecule has 1 N–H and O–H groups in total. The third-order valence-corrected chi connectivity index (χ3v) is 6.81. The minimum absolute atomic E-state index is 0.00570. The van der Waals surface area contributed by atoms with Gasteiger partial charge in [-0.25, -0.2) is 0 Å². The highest BCUT2D eigenvalue weighted by Crippen LogP contribution is 2.28. The third kappa shape index (κ3) is 4.29. The van der Waals surface area contributed by atoms with Crippen molar-refractivity contribution in [3.05, 3.63) is 60.7 Å². The van der Waals surface area contributed by atoms with Crippen LogP contribution in [0.25, 0.3) is 0 Å². The molecule has 22 heavy (non-hydrogen) atoms. The van der Waals surface area contributed by atoms with Crippen molar-refractivity contribution in [3.8, 4) is 0 Å². The van der Waals surface area contributed by atoms with E-state index in [0.717, 1.165) is 0 Å². The molecule has 2 unspecified atom stereocenters. The Hall–Kier alpha value is -1.42. The molecule has 0 aromatic heterocycles. The number of aliphatic hydroxyl groups excluding tert-OH is 1. The van der Waals surface area contributed by atoms with Crippen LogP contribution in [0.3, 0.4) is 0 Å². The number of aliphatic hydroxyl groups is 1. The van der Waals surface area contributed by atoms with E-state index in [1.807, 2.05) is 43.3 Å². The van der Waals surface area contributed by atoms with E-state index < -0.39 is 15.3 Å². The molecule has 0 aliphatic rings. The standard InChI is InChI=1S/C19H26O2Si/c1-15(19(2,3)4)18(20)21-22(16-11-7-5-8-12-16)17-13-9-6-10-14-17/h5-15,18,20,22H,1-4H3. The minimum atomic E-state index is -1.89. The van der Waals surface area contributed by atoms with Crippen molar-refractivity contribution in [1.29, 1.82) is 0 Å². The molecule has 2 aromatic carbocycles. The lowest BCUT2D eigenvalue weighted by Crippen LogP contribution is -2.49. The molecule has 0 heterocycles. The molecule has 0 bridgehead atoms. The largest absolute Gasteiger partial charge is 0.386 e. The third-order valence-electron chi connectivity index (χ3n) is 4.27. The van der Waals surface area contributed by atoms with E-state index in [-0.39, 0.29) is 11.3 Å². The van der Waals surface area contributed by atoms with Crippen molar-refractivity contribution >= 4 is 19.4 Å².